The lowest BCUT2D eigenvalue weighted by Gasteiger charge is -2.20. The summed E-state index contributed by atoms with van der Waals surface area (Å²) in [5.41, 5.74) is 1.27. The molecular formula is C13H24N2. The number of hydrogen-bond acceptors (Lipinski definition) is 2. The number of allylic oxidation sites excluding steroid dienone is 3. The molecule has 0 saturated heterocycles. The van der Waals surface area contributed by atoms with E-state index in [9.17, 15) is 0 Å². The van der Waals surface area contributed by atoms with Crippen LogP contribution in [-0.4, -0.2) is 38.1 Å². The Labute approximate surface area is 94.4 Å². The van der Waals surface area contributed by atoms with E-state index in [1.54, 1.807) is 0 Å². The van der Waals surface area contributed by atoms with Gasteiger partial charge in [-0.15, -0.1) is 0 Å². The topological polar surface area (TPSA) is 15.3 Å². The molecule has 0 spiro atoms. The quantitative estimate of drug-likeness (QED) is 0.615. The van der Waals surface area contributed by atoms with Gasteiger partial charge in [0.25, 0.3) is 0 Å². The summed E-state index contributed by atoms with van der Waals surface area (Å²) in [6.45, 7) is 12.2. The fourth-order valence-electron chi connectivity index (χ4n) is 1.28. The Kier molecular flexibility index (Phi) is 9.13. The van der Waals surface area contributed by atoms with E-state index in [4.69, 9.17) is 0 Å². The molecule has 0 amide bonds. The molecule has 0 aromatic heterocycles. The smallest absolute Gasteiger partial charge is 0.0233 e. The van der Waals surface area contributed by atoms with Crippen LogP contribution in [0.25, 0.3) is 0 Å². The summed E-state index contributed by atoms with van der Waals surface area (Å²) in [6, 6.07) is 0. The van der Waals surface area contributed by atoms with Crippen molar-refractivity contribution in [1.82, 2.24) is 10.2 Å². The number of nitrogens with one attached hydrogen (secondary N) is 1. The standard InChI is InChI=1S/C13H24N2/c1-5-8-9-13(6-2)12-15(7-3)11-10-14-4/h5-6,8-9,14H,2,7,10-12H2,1,3-4H3/b8-5-,13-9+. The minimum Gasteiger partial charge on any atom is -0.318 e. The van der Waals surface area contributed by atoms with Gasteiger partial charge in [-0.05, 0) is 26.1 Å². The largest absolute Gasteiger partial charge is 0.318 e. The Bertz CT molecular complexity index is 217. The fourth-order valence-corrected chi connectivity index (χ4v) is 1.28. The van der Waals surface area contributed by atoms with Crippen LogP contribution in [0.1, 0.15) is 13.8 Å². The van der Waals surface area contributed by atoms with E-state index in [0.29, 0.717) is 0 Å². The highest BCUT2D eigenvalue weighted by molar-refractivity contribution is 5.23. The van der Waals surface area contributed by atoms with Crippen LogP contribution in [0.3, 0.4) is 0 Å². The molecule has 0 heterocycles. The highest BCUT2D eigenvalue weighted by Gasteiger charge is 2.02. The van der Waals surface area contributed by atoms with Gasteiger partial charge in [0.15, 0.2) is 0 Å². The number of nitrogens with zero attached hydrogens (tertiary/aromatic N) is 1. The summed E-state index contributed by atoms with van der Waals surface area (Å²) in [5.74, 6) is 0. The second kappa shape index (κ2) is 9.69. The van der Waals surface area contributed by atoms with Gasteiger partial charge in [0.2, 0.25) is 0 Å². The summed E-state index contributed by atoms with van der Waals surface area (Å²) in [4.78, 5) is 2.40. The molecule has 15 heavy (non-hydrogen) atoms. The first-order chi connectivity index (χ1) is 7.28. The SMILES string of the molecule is C=C/C(=C\C=C/C)CN(CC)CCNC. The molecule has 0 radical (unpaired) electrons. The molecule has 0 atom stereocenters. The molecule has 1 N–H and O–H groups in total. The van der Waals surface area contributed by atoms with Crippen LogP contribution in [-0.2, 0) is 0 Å². The first kappa shape index (κ1) is 14.1. The number of rotatable bonds is 8. The van der Waals surface area contributed by atoms with Crippen LogP contribution in [0.2, 0.25) is 0 Å². The van der Waals surface area contributed by atoms with Crippen LogP contribution < -0.4 is 5.32 Å². The van der Waals surface area contributed by atoms with E-state index in [-0.39, 0.29) is 0 Å². The molecule has 0 fully saturated rings. The van der Waals surface area contributed by atoms with Gasteiger partial charge in [-0.3, -0.25) is 4.90 Å². The summed E-state index contributed by atoms with van der Waals surface area (Å²) < 4.78 is 0. The predicted octanol–water partition coefficient (Wildman–Crippen LogP) is 2.22. The Morgan fingerprint density at radius 1 is 1.47 bits per heavy atom. The lowest BCUT2D eigenvalue weighted by Crippen LogP contribution is -2.32. The molecular weight excluding hydrogens is 184 g/mol. The van der Waals surface area contributed by atoms with Crippen molar-refractivity contribution in [2.45, 2.75) is 13.8 Å². The molecule has 2 heteroatoms. The highest BCUT2D eigenvalue weighted by Crippen LogP contribution is 2.00. The molecule has 0 bridgehead atoms. The average molecular weight is 208 g/mol. The molecule has 0 aromatic carbocycles. The van der Waals surface area contributed by atoms with Crippen molar-refractivity contribution >= 4 is 0 Å². The van der Waals surface area contributed by atoms with E-state index < -0.39 is 0 Å². The Morgan fingerprint density at radius 3 is 2.67 bits per heavy atom. The molecule has 0 unspecified atom stereocenters. The molecule has 0 aliphatic carbocycles. The van der Waals surface area contributed by atoms with E-state index >= 15 is 0 Å². The van der Waals surface area contributed by atoms with Crippen molar-refractivity contribution in [3.05, 3.63) is 36.5 Å². The zero-order valence-electron chi connectivity index (χ0n) is 10.3. The highest BCUT2D eigenvalue weighted by atomic mass is 15.1. The van der Waals surface area contributed by atoms with Crippen molar-refractivity contribution in [3.8, 4) is 0 Å². The number of likely N-dealkylation sites (N-methyl/N-ethyl adjacent to an activating group) is 2. The van der Waals surface area contributed by atoms with Gasteiger partial charge in [-0.2, -0.15) is 0 Å². The Balaban J connectivity index is 4.17. The van der Waals surface area contributed by atoms with E-state index in [2.05, 4.69) is 35.9 Å². The summed E-state index contributed by atoms with van der Waals surface area (Å²) >= 11 is 0. The third-order valence-electron chi connectivity index (χ3n) is 2.30. The van der Waals surface area contributed by atoms with Gasteiger partial charge in [0.1, 0.15) is 0 Å². The first-order valence-corrected chi connectivity index (χ1v) is 5.59. The number of hydrogen-bond donors (Lipinski definition) is 1. The minimum absolute atomic E-state index is 0.978. The second-order valence-corrected chi connectivity index (χ2v) is 3.44. The Morgan fingerprint density at radius 2 is 2.20 bits per heavy atom. The first-order valence-electron chi connectivity index (χ1n) is 5.59. The van der Waals surface area contributed by atoms with E-state index in [1.165, 1.54) is 5.57 Å². The van der Waals surface area contributed by atoms with Gasteiger partial charge in [0, 0.05) is 19.6 Å². The van der Waals surface area contributed by atoms with Gasteiger partial charge in [-0.25, -0.2) is 0 Å². The van der Waals surface area contributed by atoms with Crippen LogP contribution >= 0.6 is 0 Å². The maximum atomic E-state index is 3.84. The molecule has 0 aliphatic heterocycles. The normalized spacial score (nSPS) is 12.7. The van der Waals surface area contributed by atoms with Crippen LogP contribution in [0.5, 0.6) is 0 Å². The monoisotopic (exact) mass is 208 g/mol. The van der Waals surface area contributed by atoms with Crippen molar-refractivity contribution in [1.29, 1.82) is 0 Å². The maximum absolute atomic E-state index is 3.84. The van der Waals surface area contributed by atoms with Crippen LogP contribution in [0.4, 0.5) is 0 Å². The van der Waals surface area contributed by atoms with Gasteiger partial charge >= 0.3 is 0 Å². The molecule has 0 aromatic rings. The van der Waals surface area contributed by atoms with Crippen molar-refractivity contribution in [3.63, 3.8) is 0 Å². The predicted molar refractivity (Wildman–Crippen MR) is 69.1 cm³/mol. The van der Waals surface area contributed by atoms with Crippen molar-refractivity contribution < 1.29 is 0 Å². The molecule has 2 nitrogen and oxygen atoms in total. The maximum Gasteiger partial charge on any atom is 0.0233 e. The molecule has 0 saturated carbocycles. The third-order valence-corrected chi connectivity index (χ3v) is 2.30. The summed E-state index contributed by atoms with van der Waals surface area (Å²) in [6.07, 6.45) is 8.15. The lowest BCUT2D eigenvalue weighted by atomic mass is 10.2. The molecule has 0 rings (SSSR count). The molecule has 86 valence electrons. The third kappa shape index (κ3) is 7.11. The van der Waals surface area contributed by atoms with Gasteiger partial charge in [0.05, 0.1) is 0 Å². The fraction of sp³-hybridized carbons (Fsp3) is 0.538. The second-order valence-electron chi connectivity index (χ2n) is 3.44. The Hall–Kier alpha value is -0.860. The van der Waals surface area contributed by atoms with E-state index in [0.717, 1.165) is 26.2 Å². The van der Waals surface area contributed by atoms with Crippen molar-refractivity contribution in [2.75, 3.05) is 33.2 Å². The minimum atomic E-state index is 0.978. The zero-order valence-corrected chi connectivity index (χ0v) is 10.3. The van der Waals surface area contributed by atoms with Gasteiger partial charge < -0.3 is 5.32 Å². The van der Waals surface area contributed by atoms with E-state index in [1.807, 2.05) is 26.1 Å². The lowest BCUT2D eigenvalue weighted by molar-refractivity contribution is 0.316. The molecule has 0 aliphatic rings. The van der Waals surface area contributed by atoms with Crippen molar-refractivity contribution in [2.24, 2.45) is 0 Å². The average Bonchev–Trinajstić information content (AvgIpc) is 2.28. The van der Waals surface area contributed by atoms with Crippen LogP contribution in [0.15, 0.2) is 36.5 Å². The van der Waals surface area contributed by atoms with Crippen LogP contribution in [0, 0.1) is 0 Å². The van der Waals surface area contributed by atoms with Gasteiger partial charge in [-0.1, -0.05) is 37.8 Å². The summed E-state index contributed by atoms with van der Waals surface area (Å²) in [5, 5.41) is 3.17. The summed E-state index contributed by atoms with van der Waals surface area (Å²) in [7, 11) is 1.98. The zero-order chi connectivity index (χ0) is 11.5.